The molecule has 1 fully saturated rings. The second-order valence-corrected chi connectivity index (χ2v) is 8.56. The molecule has 4 rings (SSSR count). The Morgan fingerprint density at radius 2 is 1.75 bits per heavy atom. The van der Waals surface area contributed by atoms with Crippen molar-refractivity contribution < 1.29 is 14.7 Å². The molecule has 1 heterocycles. The van der Waals surface area contributed by atoms with E-state index in [0.29, 0.717) is 30.5 Å². The van der Waals surface area contributed by atoms with E-state index in [-0.39, 0.29) is 17.9 Å². The minimum atomic E-state index is -0.706. The zero-order chi connectivity index (χ0) is 22.5. The average molecular weight is 430 g/mol. The summed E-state index contributed by atoms with van der Waals surface area (Å²) in [6.07, 6.45) is 6.55. The van der Waals surface area contributed by atoms with Crippen LogP contribution < -0.4 is 5.32 Å². The number of fused-ring (bicyclic) bond motifs is 1. The Morgan fingerprint density at radius 1 is 1.03 bits per heavy atom. The van der Waals surface area contributed by atoms with Gasteiger partial charge in [0.15, 0.2) is 0 Å². The highest BCUT2D eigenvalue weighted by atomic mass is 16.4. The summed E-state index contributed by atoms with van der Waals surface area (Å²) in [5, 5.41) is 22.5. The molecular formula is C26H27N3O3. The van der Waals surface area contributed by atoms with Crippen molar-refractivity contribution in [3.63, 3.8) is 0 Å². The quantitative estimate of drug-likeness (QED) is 0.614. The number of carboxylic acids is 1. The van der Waals surface area contributed by atoms with E-state index < -0.39 is 5.97 Å². The van der Waals surface area contributed by atoms with Crippen molar-refractivity contribution in [1.82, 2.24) is 9.88 Å². The topological polar surface area (TPSA) is 95.1 Å². The molecule has 0 spiro atoms. The molecule has 0 atom stereocenters. The molecule has 0 saturated heterocycles. The molecule has 1 amide bonds. The van der Waals surface area contributed by atoms with Crippen molar-refractivity contribution in [3.8, 4) is 6.07 Å². The first kappa shape index (κ1) is 21.6. The van der Waals surface area contributed by atoms with E-state index in [9.17, 15) is 14.7 Å². The monoisotopic (exact) mass is 429 g/mol. The van der Waals surface area contributed by atoms with E-state index in [2.05, 4.69) is 16.0 Å². The summed E-state index contributed by atoms with van der Waals surface area (Å²) in [5.41, 5.74) is 3.22. The van der Waals surface area contributed by atoms with Crippen LogP contribution >= 0.6 is 0 Å². The van der Waals surface area contributed by atoms with Crippen molar-refractivity contribution >= 4 is 22.8 Å². The van der Waals surface area contributed by atoms with Gasteiger partial charge in [0.25, 0.3) is 5.91 Å². The number of carboxylic acid groups (broad SMARTS) is 1. The largest absolute Gasteiger partial charge is 0.481 e. The van der Waals surface area contributed by atoms with Crippen molar-refractivity contribution in [2.75, 3.05) is 0 Å². The second kappa shape index (κ2) is 9.69. The van der Waals surface area contributed by atoms with Crippen LogP contribution in [0.5, 0.6) is 0 Å². The SMILES string of the molecule is N#Cc1ccc(Cn2ccc3cccc(C(=O)NC4CCCC(C(=O)O)CCC4)c32)cc1. The Morgan fingerprint density at radius 3 is 2.41 bits per heavy atom. The highest BCUT2D eigenvalue weighted by Gasteiger charge is 2.23. The van der Waals surface area contributed by atoms with Gasteiger partial charge in [0.1, 0.15) is 0 Å². The molecule has 2 aromatic carbocycles. The third-order valence-electron chi connectivity index (χ3n) is 6.36. The number of carbonyl (C=O) groups excluding carboxylic acids is 1. The van der Waals surface area contributed by atoms with Gasteiger partial charge in [0.2, 0.25) is 0 Å². The fraction of sp³-hybridized carbons (Fsp3) is 0.346. The highest BCUT2D eigenvalue weighted by molar-refractivity contribution is 6.06. The van der Waals surface area contributed by atoms with Crippen LogP contribution in [0.3, 0.4) is 0 Å². The Balaban J connectivity index is 1.51. The lowest BCUT2D eigenvalue weighted by Gasteiger charge is -2.24. The van der Waals surface area contributed by atoms with Gasteiger partial charge in [-0.1, -0.05) is 37.1 Å². The fourth-order valence-electron chi connectivity index (χ4n) is 4.62. The van der Waals surface area contributed by atoms with E-state index in [1.165, 1.54) is 0 Å². The van der Waals surface area contributed by atoms with Crippen molar-refractivity contribution in [2.45, 2.75) is 51.1 Å². The summed E-state index contributed by atoms with van der Waals surface area (Å²) < 4.78 is 2.07. The van der Waals surface area contributed by atoms with Crippen LogP contribution in [0.4, 0.5) is 0 Å². The Hall–Kier alpha value is -3.59. The fourth-order valence-corrected chi connectivity index (χ4v) is 4.62. The van der Waals surface area contributed by atoms with Gasteiger partial charge in [0, 0.05) is 24.2 Å². The van der Waals surface area contributed by atoms with Gasteiger partial charge >= 0.3 is 5.97 Å². The summed E-state index contributed by atoms with van der Waals surface area (Å²) >= 11 is 0. The Kier molecular flexibility index (Phi) is 6.55. The first-order chi connectivity index (χ1) is 15.5. The highest BCUT2D eigenvalue weighted by Crippen LogP contribution is 2.25. The molecule has 6 heteroatoms. The van der Waals surface area contributed by atoms with Crippen LogP contribution in [0.1, 0.15) is 60.0 Å². The number of nitrogens with zero attached hydrogens (tertiary/aromatic N) is 2. The van der Waals surface area contributed by atoms with Crippen LogP contribution in [0.25, 0.3) is 10.9 Å². The number of aromatic nitrogens is 1. The van der Waals surface area contributed by atoms with E-state index in [1.807, 2.05) is 42.6 Å². The second-order valence-electron chi connectivity index (χ2n) is 8.56. The van der Waals surface area contributed by atoms with Crippen LogP contribution in [0, 0.1) is 17.2 Å². The Labute approximate surface area is 187 Å². The van der Waals surface area contributed by atoms with Gasteiger partial charge in [-0.15, -0.1) is 0 Å². The minimum Gasteiger partial charge on any atom is -0.481 e. The lowest BCUT2D eigenvalue weighted by atomic mass is 9.89. The summed E-state index contributed by atoms with van der Waals surface area (Å²) in [7, 11) is 0. The van der Waals surface area contributed by atoms with E-state index >= 15 is 0 Å². The predicted molar refractivity (Wildman–Crippen MR) is 122 cm³/mol. The van der Waals surface area contributed by atoms with Gasteiger partial charge < -0.3 is 15.0 Å². The summed E-state index contributed by atoms with van der Waals surface area (Å²) in [6, 6.07) is 17.5. The van der Waals surface area contributed by atoms with Crippen molar-refractivity contribution in [2.24, 2.45) is 5.92 Å². The van der Waals surface area contributed by atoms with Gasteiger partial charge in [-0.05, 0) is 55.5 Å². The number of amides is 1. The molecule has 0 unspecified atom stereocenters. The third kappa shape index (κ3) is 4.83. The molecule has 1 aliphatic carbocycles. The molecule has 1 saturated carbocycles. The van der Waals surface area contributed by atoms with Crippen molar-refractivity contribution in [3.05, 3.63) is 71.4 Å². The molecule has 32 heavy (non-hydrogen) atoms. The van der Waals surface area contributed by atoms with Gasteiger partial charge in [-0.3, -0.25) is 9.59 Å². The molecule has 3 aromatic rings. The summed E-state index contributed by atoms with van der Waals surface area (Å²) in [6.45, 7) is 0.611. The molecule has 0 aliphatic heterocycles. The van der Waals surface area contributed by atoms with E-state index in [0.717, 1.165) is 42.1 Å². The summed E-state index contributed by atoms with van der Waals surface area (Å²) in [4.78, 5) is 24.5. The number of hydrogen-bond acceptors (Lipinski definition) is 3. The first-order valence-corrected chi connectivity index (χ1v) is 11.2. The number of aliphatic carboxylic acids is 1. The maximum Gasteiger partial charge on any atom is 0.306 e. The molecular weight excluding hydrogens is 402 g/mol. The lowest BCUT2D eigenvalue weighted by Crippen LogP contribution is -2.36. The number of carbonyl (C=O) groups is 2. The summed E-state index contributed by atoms with van der Waals surface area (Å²) in [5.74, 6) is -1.05. The number of benzene rings is 2. The normalized spacial score (nSPS) is 19.0. The number of rotatable bonds is 5. The molecule has 1 aromatic heterocycles. The lowest BCUT2D eigenvalue weighted by molar-refractivity contribution is -0.142. The maximum absolute atomic E-state index is 13.2. The van der Waals surface area contributed by atoms with Crippen LogP contribution in [0.15, 0.2) is 54.7 Å². The Bertz CT molecular complexity index is 1150. The zero-order valence-corrected chi connectivity index (χ0v) is 18.0. The molecule has 1 aliphatic rings. The number of nitriles is 1. The molecule has 2 N–H and O–H groups in total. The van der Waals surface area contributed by atoms with E-state index in [4.69, 9.17) is 5.26 Å². The maximum atomic E-state index is 13.2. The standard InChI is InChI=1S/C26H27N3O3/c27-16-18-10-12-19(13-11-18)17-29-15-14-20-4-3-9-23(24(20)29)25(30)28-22-7-1-5-21(26(31)32)6-2-8-22/h3-4,9-15,21-22H,1-2,5-8,17H2,(H,28,30)(H,31,32). The van der Waals surface area contributed by atoms with E-state index in [1.54, 1.807) is 12.1 Å². The smallest absolute Gasteiger partial charge is 0.306 e. The zero-order valence-electron chi connectivity index (χ0n) is 18.0. The van der Waals surface area contributed by atoms with Crippen LogP contribution in [0.2, 0.25) is 0 Å². The number of hydrogen-bond donors (Lipinski definition) is 2. The molecule has 0 bridgehead atoms. The molecule has 164 valence electrons. The first-order valence-electron chi connectivity index (χ1n) is 11.2. The van der Waals surface area contributed by atoms with Gasteiger partial charge in [0.05, 0.1) is 28.6 Å². The average Bonchev–Trinajstić information content (AvgIpc) is 3.18. The van der Waals surface area contributed by atoms with Crippen molar-refractivity contribution in [1.29, 1.82) is 5.26 Å². The van der Waals surface area contributed by atoms with Gasteiger partial charge in [-0.25, -0.2) is 0 Å². The molecule has 6 nitrogen and oxygen atoms in total. The third-order valence-corrected chi connectivity index (χ3v) is 6.36. The molecule has 0 radical (unpaired) electrons. The number of nitrogens with one attached hydrogen (secondary N) is 1. The predicted octanol–water partition coefficient (Wildman–Crippen LogP) is 4.71. The van der Waals surface area contributed by atoms with Crippen LogP contribution in [-0.4, -0.2) is 27.6 Å². The number of para-hydroxylation sites is 1. The van der Waals surface area contributed by atoms with Gasteiger partial charge in [-0.2, -0.15) is 5.26 Å². The van der Waals surface area contributed by atoms with Crippen LogP contribution in [-0.2, 0) is 11.3 Å². The minimum absolute atomic E-state index is 0.0643.